The molecule has 1 aromatic heterocycles. The van der Waals surface area contributed by atoms with Gasteiger partial charge < -0.3 is 15.8 Å². The highest BCUT2D eigenvalue weighted by molar-refractivity contribution is 5.84. The molecule has 1 heterocycles. The molecule has 5 heteroatoms. The Labute approximate surface area is 105 Å². The van der Waals surface area contributed by atoms with Gasteiger partial charge in [0.1, 0.15) is 11.9 Å². The van der Waals surface area contributed by atoms with Crippen LogP contribution in [-0.4, -0.2) is 24.1 Å². The lowest BCUT2D eigenvalue weighted by Gasteiger charge is -2.12. The molecule has 1 atom stereocenters. The van der Waals surface area contributed by atoms with Crippen LogP contribution < -0.4 is 11.1 Å². The number of nitrogens with zero attached hydrogens (tertiary/aromatic N) is 1. The third-order valence-electron chi connectivity index (χ3n) is 2.63. The summed E-state index contributed by atoms with van der Waals surface area (Å²) < 4.78 is 4.64. The van der Waals surface area contributed by atoms with Gasteiger partial charge in [0, 0.05) is 11.1 Å². The Hall–Kier alpha value is -2.30. The highest BCUT2D eigenvalue weighted by atomic mass is 16.5. The summed E-state index contributed by atoms with van der Waals surface area (Å²) in [5, 5.41) is 3.95. The van der Waals surface area contributed by atoms with Crippen LogP contribution in [0.15, 0.2) is 30.3 Å². The highest BCUT2D eigenvalue weighted by Crippen LogP contribution is 2.18. The van der Waals surface area contributed by atoms with Crippen LogP contribution in [0.2, 0.25) is 0 Å². The number of nitrogens with two attached hydrogens (primary N) is 1. The average molecular weight is 245 g/mol. The summed E-state index contributed by atoms with van der Waals surface area (Å²) in [6.45, 7) is 1.72. The van der Waals surface area contributed by atoms with E-state index in [9.17, 15) is 4.79 Å². The zero-order valence-corrected chi connectivity index (χ0v) is 10.3. The number of hydrogen-bond acceptors (Lipinski definition) is 5. The summed E-state index contributed by atoms with van der Waals surface area (Å²) in [4.78, 5) is 15.7. The van der Waals surface area contributed by atoms with Gasteiger partial charge in [-0.25, -0.2) is 9.78 Å². The number of fused-ring (bicyclic) bond motifs is 1. The molecule has 1 unspecified atom stereocenters. The van der Waals surface area contributed by atoms with Crippen LogP contribution in [0.4, 0.5) is 11.5 Å². The normalized spacial score (nSPS) is 12.1. The van der Waals surface area contributed by atoms with Crippen LogP contribution >= 0.6 is 0 Å². The fraction of sp³-hybridized carbons (Fsp3) is 0.231. The molecular weight excluding hydrogens is 230 g/mol. The van der Waals surface area contributed by atoms with Crippen molar-refractivity contribution in [2.24, 2.45) is 0 Å². The van der Waals surface area contributed by atoms with E-state index in [1.807, 2.05) is 18.2 Å². The molecule has 2 aromatic rings. The average Bonchev–Trinajstić information content (AvgIpc) is 2.38. The standard InChI is InChI=1S/C13H15N3O2/c1-8(13(17)18-2)15-12-6-3-9-7-10(14)4-5-11(9)16-12/h3-8H,14H2,1-2H3,(H,15,16). The Morgan fingerprint density at radius 3 is 2.89 bits per heavy atom. The van der Waals surface area contributed by atoms with E-state index >= 15 is 0 Å². The molecule has 0 amide bonds. The predicted molar refractivity (Wildman–Crippen MR) is 71.3 cm³/mol. The second-order valence-electron chi connectivity index (χ2n) is 4.04. The number of ether oxygens (including phenoxy) is 1. The van der Waals surface area contributed by atoms with Gasteiger partial charge in [-0.3, -0.25) is 0 Å². The van der Waals surface area contributed by atoms with E-state index in [-0.39, 0.29) is 5.97 Å². The summed E-state index contributed by atoms with van der Waals surface area (Å²) in [5.74, 6) is 0.305. The van der Waals surface area contributed by atoms with Gasteiger partial charge in [0.05, 0.1) is 12.6 Å². The molecule has 0 radical (unpaired) electrons. The van der Waals surface area contributed by atoms with Crippen molar-refractivity contribution in [1.29, 1.82) is 0 Å². The maximum absolute atomic E-state index is 11.3. The van der Waals surface area contributed by atoms with Crippen LogP contribution in [0.1, 0.15) is 6.92 Å². The molecule has 1 aromatic carbocycles. The number of carbonyl (C=O) groups is 1. The van der Waals surface area contributed by atoms with Crippen molar-refractivity contribution in [2.75, 3.05) is 18.2 Å². The van der Waals surface area contributed by atoms with Gasteiger partial charge in [-0.15, -0.1) is 0 Å². The Kier molecular flexibility index (Phi) is 3.32. The van der Waals surface area contributed by atoms with Crippen LogP contribution in [0, 0.1) is 0 Å². The highest BCUT2D eigenvalue weighted by Gasteiger charge is 2.12. The number of benzene rings is 1. The van der Waals surface area contributed by atoms with E-state index in [1.54, 1.807) is 19.1 Å². The minimum absolute atomic E-state index is 0.325. The van der Waals surface area contributed by atoms with Gasteiger partial charge in [-0.2, -0.15) is 0 Å². The van der Waals surface area contributed by atoms with Crippen LogP contribution in [-0.2, 0) is 9.53 Å². The second-order valence-corrected chi connectivity index (χ2v) is 4.04. The first-order chi connectivity index (χ1) is 8.60. The third kappa shape index (κ3) is 2.51. The number of hydrogen-bond donors (Lipinski definition) is 2. The summed E-state index contributed by atoms with van der Waals surface area (Å²) in [7, 11) is 1.36. The number of rotatable bonds is 3. The first-order valence-electron chi connectivity index (χ1n) is 5.61. The maximum atomic E-state index is 11.3. The zero-order chi connectivity index (χ0) is 13.1. The summed E-state index contributed by atoms with van der Waals surface area (Å²) >= 11 is 0. The van der Waals surface area contributed by atoms with Crippen LogP contribution in [0.5, 0.6) is 0 Å². The lowest BCUT2D eigenvalue weighted by molar-refractivity contribution is -0.141. The van der Waals surface area contributed by atoms with Crippen molar-refractivity contribution in [3.05, 3.63) is 30.3 Å². The van der Waals surface area contributed by atoms with Crippen LogP contribution in [0.25, 0.3) is 10.9 Å². The molecule has 0 saturated heterocycles. The van der Waals surface area contributed by atoms with Crippen molar-refractivity contribution in [1.82, 2.24) is 4.98 Å². The Morgan fingerprint density at radius 1 is 1.39 bits per heavy atom. The molecule has 0 spiro atoms. The third-order valence-corrected chi connectivity index (χ3v) is 2.63. The summed E-state index contributed by atoms with van der Waals surface area (Å²) in [6, 6.07) is 8.78. The van der Waals surface area contributed by atoms with E-state index in [0.29, 0.717) is 11.5 Å². The van der Waals surface area contributed by atoms with Crippen molar-refractivity contribution in [2.45, 2.75) is 13.0 Å². The molecule has 0 aliphatic rings. The van der Waals surface area contributed by atoms with Crippen molar-refractivity contribution in [3.63, 3.8) is 0 Å². The molecule has 5 nitrogen and oxygen atoms in total. The number of nitrogen functional groups attached to an aromatic ring is 1. The van der Waals surface area contributed by atoms with Gasteiger partial charge in [0.15, 0.2) is 0 Å². The number of nitrogens with one attached hydrogen (secondary N) is 1. The van der Waals surface area contributed by atoms with Gasteiger partial charge in [-0.05, 0) is 37.3 Å². The first kappa shape index (κ1) is 12.2. The maximum Gasteiger partial charge on any atom is 0.328 e. The Balaban J connectivity index is 2.25. The van der Waals surface area contributed by atoms with E-state index in [0.717, 1.165) is 10.9 Å². The fourth-order valence-electron chi connectivity index (χ4n) is 1.68. The molecule has 0 bridgehead atoms. The first-order valence-corrected chi connectivity index (χ1v) is 5.61. The summed E-state index contributed by atoms with van der Waals surface area (Å²) in [6.07, 6.45) is 0. The number of methoxy groups -OCH3 is 1. The predicted octanol–water partition coefficient (Wildman–Crippen LogP) is 1.79. The van der Waals surface area contributed by atoms with Gasteiger partial charge >= 0.3 is 5.97 Å². The molecule has 0 aliphatic heterocycles. The number of esters is 1. The molecule has 18 heavy (non-hydrogen) atoms. The molecule has 94 valence electrons. The summed E-state index contributed by atoms with van der Waals surface area (Å²) in [5.41, 5.74) is 7.22. The fourth-order valence-corrected chi connectivity index (χ4v) is 1.68. The number of pyridine rings is 1. The monoisotopic (exact) mass is 245 g/mol. The zero-order valence-electron chi connectivity index (χ0n) is 10.3. The van der Waals surface area contributed by atoms with E-state index in [2.05, 4.69) is 15.0 Å². The largest absolute Gasteiger partial charge is 0.467 e. The molecule has 0 fully saturated rings. The molecule has 3 N–H and O–H groups in total. The molecular formula is C13H15N3O2. The van der Waals surface area contributed by atoms with E-state index < -0.39 is 6.04 Å². The lowest BCUT2D eigenvalue weighted by Crippen LogP contribution is -2.27. The Bertz CT molecular complexity index is 583. The van der Waals surface area contributed by atoms with Crippen molar-refractivity contribution in [3.8, 4) is 0 Å². The van der Waals surface area contributed by atoms with Gasteiger partial charge in [0.2, 0.25) is 0 Å². The van der Waals surface area contributed by atoms with E-state index in [1.165, 1.54) is 7.11 Å². The topological polar surface area (TPSA) is 77.2 Å². The van der Waals surface area contributed by atoms with Crippen LogP contribution in [0.3, 0.4) is 0 Å². The van der Waals surface area contributed by atoms with Crippen molar-refractivity contribution < 1.29 is 9.53 Å². The molecule has 2 rings (SSSR count). The minimum Gasteiger partial charge on any atom is -0.467 e. The van der Waals surface area contributed by atoms with E-state index in [4.69, 9.17) is 5.73 Å². The number of anilines is 2. The van der Waals surface area contributed by atoms with Crippen molar-refractivity contribution >= 4 is 28.4 Å². The second kappa shape index (κ2) is 4.91. The quantitative estimate of drug-likeness (QED) is 0.636. The molecule has 0 saturated carbocycles. The number of carbonyl (C=O) groups excluding carboxylic acids is 1. The van der Waals surface area contributed by atoms with Gasteiger partial charge in [-0.1, -0.05) is 0 Å². The smallest absolute Gasteiger partial charge is 0.328 e. The number of aromatic nitrogens is 1. The molecule has 0 aliphatic carbocycles. The van der Waals surface area contributed by atoms with Gasteiger partial charge in [0.25, 0.3) is 0 Å². The SMILES string of the molecule is COC(=O)C(C)Nc1ccc2cc(N)ccc2n1. The minimum atomic E-state index is -0.436. The Morgan fingerprint density at radius 2 is 2.17 bits per heavy atom. The lowest BCUT2D eigenvalue weighted by atomic mass is 10.2.